The van der Waals surface area contributed by atoms with E-state index in [2.05, 4.69) is 9.97 Å². The number of methoxy groups -OCH3 is 1. The van der Waals surface area contributed by atoms with Gasteiger partial charge in [-0.05, 0) is 35.9 Å². The van der Waals surface area contributed by atoms with Crippen molar-refractivity contribution in [3.8, 4) is 5.75 Å². The number of ether oxygens (including phenoxy) is 1. The van der Waals surface area contributed by atoms with Crippen LogP contribution in [0.5, 0.6) is 5.75 Å². The van der Waals surface area contributed by atoms with E-state index in [-0.39, 0.29) is 5.75 Å². The highest BCUT2D eigenvalue weighted by atomic mass is 32.2. The van der Waals surface area contributed by atoms with Gasteiger partial charge in [0.1, 0.15) is 17.3 Å². The number of hydrogen-bond donors (Lipinski definition) is 1. The van der Waals surface area contributed by atoms with Crippen LogP contribution in [0.2, 0.25) is 0 Å². The lowest BCUT2D eigenvalue weighted by Gasteiger charge is -1.99. The Balaban J connectivity index is 1.76. The van der Waals surface area contributed by atoms with Crippen LogP contribution >= 0.6 is 0 Å². The van der Waals surface area contributed by atoms with Gasteiger partial charge in [-0.1, -0.05) is 24.3 Å². The third-order valence-corrected chi connectivity index (χ3v) is 4.59. The summed E-state index contributed by atoms with van der Waals surface area (Å²) in [4.78, 5) is 7.31. The maximum atomic E-state index is 12.2. The fourth-order valence-electron chi connectivity index (χ4n) is 2.21. The van der Waals surface area contributed by atoms with Crippen LogP contribution in [0, 0.1) is 0 Å². The smallest absolute Gasteiger partial charge is 0.178 e. The molecule has 0 spiro atoms. The zero-order valence-corrected chi connectivity index (χ0v) is 13.4. The SMILES string of the molecule is COc1ccc(/C=C/S(=O)(=O)Cc2nc3ccccc3[nH]2)cc1. The van der Waals surface area contributed by atoms with E-state index in [1.165, 1.54) is 5.41 Å². The summed E-state index contributed by atoms with van der Waals surface area (Å²) in [6.07, 6.45) is 1.57. The summed E-state index contributed by atoms with van der Waals surface area (Å²) in [5.41, 5.74) is 2.38. The summed E-state index contributed by atoms with van der Waals surface area (Å²) in [5, 5.41) is 1.21. The number of nitrogens with zero attached hydrogens (tertiary/aromatic N) is 1. The minimum atomic E-state index is -3.40. The van der Waals surface area contributed by atoms with Gasteiger partial charge in [0.2, 0.25) is 0 Å². The molecule has 0 fully saturated rings. The highest BCUT2D eigenvalue weighted by Gasteiger charge is 2.11. The quantitative estimate of drug-likeness (QED) is 0.781. The maximum absolute atomic E-state index is 12.2. The van der Waals surface area contributed by atoms with Crippen molar-refractivity contribution >= 4 is 26.9 Å². The lowest BCUT2D eigenvalue weighted by atomic mass is 10.2. The number of nitrogens with one attached hydrogen (secondary N) is 1. The number of para-hydroxylation sites is 2. The Morgan fingerprint density at radius 2 is 1.87 bits per heavy atom. The number of fused-ring (bicyclic) bond motifs is 1. The van der Waals surface area contributed by atoms with Gasteiger partial charge in [0, 0.05) is 5.41 Å². The molecule has 0 aliphatic carbocycles. The third-order valence-electron chi connectivity index (χ3n) is 3.36. The van der Waals surface area contributed by atoms with Gasteiger partial charge < -0.3 is 9.72 Å². The van der Waals surface area contributed by atoms with Crippen molar-refractivity contribution in [1.29, 1.82) is 0 Å². The molecule has 118 valence electrons. The molecule has 0 radical (unpaired) electrons. The van der Waals surface area contributed by atoms with Crippen LogP contribution in [-0.2, 0) is 15.6 Å². The second kappa shape index (κ2) is 6.26. The molecule has 1 heterocycles. The zero-order valence-electron chi connectivity index (χ0n) is 12.6. The highest BCUT2D eigenvalue weighted by molar-refractivity contribution is 7.93. The van der Waals surface area contributed by atoms with Gasteiger partial charge in [0.05, 0.1) is 18.1 Å². The fraction of sp³-hybridized carbons (Fsp3) is 0.118. The standard InChI is InChI=1S/C17H16N2O3S/c1-22-14-8-6-13(7-9-14)10-11-23(20,21)12-17-18-15-4-2-3-5-16(15)19-17/h2-11H,12H2,1H3,(H,18,19)/b11-10+. The molecule has 3 aromatic rings. The van der Waals surface area contributed by atoms with E-state index in [0.717, 1.165) is 22.3 Å². The topological polar surface area (TPSA) is 72.1 Å². The summed E-state index contributed by atoms with van der Waals surface area (Å²) in [6, 6.07) is 14.6. The Morgan fingerprint density at radius 3 is 2.57 bits per heavy atom. The molecule has 0 unspecified atom stereocenters. The first kappa shape index (κ1) is 15.3. The number of aromatic amines is 1. The van der Waals surface area contributed by atoms with Gasteiger partial charge in [-0.25, -0.2) is 13.4 Å². The third kappa shape index (κ3) is 3.78. The van der Waals surface area contributed by atoms with E-state index in [1.54, 1.807) is 37.5 Å². The van der Waals surface area contributed by atoms with Crippen LogP contribution in [0.3, 0.4) is 0 Å². The average Bonchev–Trinajstić information content (AvgIpc) is 2.95. The monoisotopic (exact) mass is 328 g/mol. The summed E-state index contributed by atoms with van der Waals surface area (Å²) in [6.45, 7) is 0. The van der Waals surface area contributed by atoms with E-state index in [9.17, 15) is 8.42 Å². The molecular weight excluding hydrogens is 312 g/mol. The van der Waals surface area contributed by atoms with Crippen LogP contribution in [-0.4, -0.2) is 25.5 Å². The molecule has 23 heavy (non-hydrogen) atoms. The molecule has 0 aliphatic heterocycles. The van der Waals surface area contributed by atoms with Crippen molar-refractivity contribution in [3.05, 3.63) is 65.3 Å². The molecule has 0 bridgehead atoms. The molecule has 1 aromatic heterocycles. The second-order valence-electron chi connectivity index (χ2n) is 5.08. The molecule has 0 aliphatic rings. The first-order valence-electron chi connectivity index (χ1n) is 7.04. The molecule has 0 saturated heterocycles. The van der Waals surface area contributed by atoms with Crippen molar-refractivity contribution < 1.29 is 13.2 Å². The Labute approximate surface area is 134 Å². The number of hydrogen-bond acceptors (Lipinski definition) is 4. The molecule has 0 amide bonds. The van der Waals surface area contributed by atoms with Crippen LogP contribution < -0.4 is 4.74 Å². The first-order chi connectivity index (χ1) is 11.1. The number of benzene rings is 2. The Bertz CT molecular complexity index is 908. The molecule has 2 aromatic carbocycles. The molecule has 6 heteroatoms. The van der Waals surface area contributed by atoms with E-state index >= 15 is 0 Å². The molecule has 0 atom stereocenters. The van der Waals surface area contributed by atoms with Gasteiger partial charge in [-0.15, -0.1) is 0 Å². The Morgan fingerprint density at radius 1 is 1.13 bits per heavy atom. The van der Waals surface area contributed by atoms with Crippen molar-refractivity contribution in [1.82, 2.24) is 9.97 Å². The molecule has 1 N–H and O–H groups in total. The lowest BCUT2D eigenvalue weighted by molar-refractivity contribution is 0.415. The van der Waals surface area contributed by atoms with Gasteiger partial charge in [0.25, 0.3) is 0 Å². The number of rotatable bonds is 5. The van der Waals surface area contributed by atoms with Crippen molar-refractivity contribution in [2.75, 3.05) is 7.11 Å². The van der Waals surface area contributed by atoms with Crippen LogP contribution in [0.25, 0.3) is 17.1 Å². The summed E-state index contributed by atoms with van der Waals surface area (Å²) < 4.78 is 29.5. The van der Waals surface area contributed by atoms with Crippen molar-refractivity contribution in [2.24, 2.45) is 0 Å². The summed E-state index contributed by atoms with van der Waals surface area (Å²) in [5.74, 6) is 1.01. The Kier molecular flexibility index (Phi) is 4.16. The molecule has 0 saturated carbocycles. The van der Waals surface area contributed by atoms with E-state index in [1.807, 2.05) is 24.3 Å². The van der Waals surface area contributed by atoms with Gasteiger partial charge in [-0.2, -0.15) is 0 Å². The van der Waals surface area contributed by atoms with Gasteiger partial charge in [0.15, 0.2) is 9.84 Å². The van der Waals surface area contributed by atoms with E-state index < -0.39 is 9.84 Å². The first-order valence-corrected chi connectivity index (χ1v) is 8.76. The number of H-pyrrole nitrogens is 1. The highest BCUT2D eigenvalue weighted by Crippen LogP contribution is 2.15. The molecule has 5 nitrogen and oxygen atoms in total. The lowest BCUT2D eigenvalue weighted by Crippen LogP contribution is -2.01. The van der Waals surface area contributed by atoms with Crippen molar-refractivity contribution in [3.63, 3.8) is 0 Å². The van der Waals surface area contributed by atoms with Gasteiger partial charge in [-0.3, -0.25) is 0 Å². The van der Waals surface area contributed by atoms with Crippen LogP contribution in [0.1, 0.15) is 11.4 Å². The predicted octanol–water partition coefficient (Wildman–Crippen LogP) is 3.16. The van der Waals surface area contributed by atoms with E-state index in [0.29, 0.717) is 5.82 Å². The summed E-state index contributed by atoms with van der Waals surface area (Å²) >= 11 is 0. The predicted molar refractivity (Wildman–Crippen MR) is 90.7 cm³/mol. The number of imidazole rings is 1. The summed E-state index contributed by atoms with van der Waals surface area (Å²) in [7, 11) is -1.82. The van der Waals surface area contributed by atoms with Crippen LogP contribution in [0.15, 0.2) is 53.9 Å². The van der Waals surface area contributed by atoms with Gasteiger partial charge >= 0.3 is 0 Å². The normalized spacial score (nSPS) is 12.0. The average molecular weight is 328 g/mol. The van der Waals surface area contributed by atoms with Crippen LogP contribution in [0.4, 0.5) is 0 Å². The minimum Gasteiger partial charge on any atom is -0.497 e. The molecule has 3 rings (SSSR count). The number of sulfone groups is 1. The molecular formula is C17H16N2O3S. The Hall–Kier alpha value is -2.60. The fourth-order valence-corrected chi connectivity index (χ4v) is 3.19. The second-order valence-corrected chi connectivity index (χ2v) is 6.97. The van der Waals surface area contributed by atoms with Crippen molar-refractivity contribution in [2.45, 2.75) is 5.75 Å². The zero-order chi connectivity index (χ0) is 16.3. The van der Waals surface area contributed by atoms with E-state index in [4.69, 9.17) is 4.74 Å². The largest absolute Gasteiger partial charge is 0.497 e. The maximum Gasteiger partial charge on any atom is 0.178 e. The minimum absolute atomic E-state index is 0.158. The number of aromatic nitrogens is 2.